The van der Waals surface area contributed by atoms with E-state index in [1.165, 1.54) is 0 Å². The van der Waals surface area contributed by atoms with Gasteiger partial charge in [-0.3, -0.25) is 4.99 Å². The van der Waals surface area contributed by atoms with Crippen molar-refractivity contribution in [3.63, 3.8) is 0 Å². The van der Waals surface area contributed by atoms with Crippen molar-refractivity contribution in [2.24, 2.45) is 4.99 Å². The minimum absolute atomic E-state index is 0.0114. The van der Waals surface area contributed by atoms with Crippen LogP contribution in [0.1, 0.15) is 23.5 Å². The molecule has 0 fully saturated rings. The monoisotopic (exact) mass is 342 g/mol. The van der Waals surface area contributed by atoms with E-state index in [0.29, 0.717) is 22.5 Å². The van der Waals surface area contributed by atoms with Crippen LogP contribution in [0.4, 0.5) is 0 Å². The van der Waals surface area contributed by atoms with Crippen LogP contribution in [0.3, 0.4) is 0 Å². The van der Waals surface area contributed by atoms with Crippen LogP contribution in [0.2, 0.25) is 10.0 Å². The van der Waals surface area contributed by atoms with E-state index in [2.05, 4.69) is 20.6 Å². The van der Waals surface area contributed by atoms with Gasteiger partial charge in [-0.1, -0.05) is 29.3 Å². The molecule has 0 aliphatic heterocycles. The SMILES string of the molecule is CN=C(NCc1nccs1)NC(C)c1ccc(Cl)cc1Cl. The van der Waals surface area contributed by atoms with Gasteiger partial charge in [0.25, 0.3) is 0 Å². The van der Waals surface area contributed by atoms with E-state index in [1.54, 1.807) is 30.6 Å². The first-order chi connectivity index (χ1) is 10.1. The van der Waals surface area contributed by atoms with Gasteiger partial charge in [0.2, 0.25) is 0 Å². The summed E-state index contributed by atoms with van der Waals surface area (Å²) in [5.74, 6) is 0.698. The number of hydrogen-bond donors (Lipinski definition) is 2. The van der Waals surface area contributed by atoms with Crippen LogP contribution < -0.4 is 10.6 Å². The zero-order valence-corrected chi connectivity index (χ0v) is 14.1. The average molecular weight is 343 g/mol. The van der Waals surface area contributed by atoms with Crippen molar-refractivity contribution in [3.8, 4) is 0 Å². The van der Waals surface area contributed by atoms with E-state index >= 15 is 0 Å². The Kier molecular flexibility index (Phi) is 5.85. The number of aliphatic imine (C=N–C) groups is 1. The van der Waals surface area contributed by atoms with Gasteiger partial charge in [0.1, 0.15) is 5.01 Å². The zero-order valence-electron chi connectivity index (χ0n) is 11.7. The third kappa shape index (κ3) is 4.59. The van der Waals surface area contributed by atoms with Gasteiger partial charge in [-0.15, -0.1) is 11.3 Å². The van der Waals surface area contributed by atoms with E-state index in [-0.39, 0.29) is 6.04 Å². The Morgan fingerprint density at radius 2 is 2.24 bits per heavy atom. The van der Waals surface area contributed by atoms with E-state index in [1.807, 2.05) is 24.4 Å². The molecular weight excluding hydrogens is 327 g/mol. The number of nitrogens with one attached hydrogen (secondary N) is 2. The number of guanidine groups is 1. The second kappa shape index (κ2) is 7.64. The van der Waals surface area contributed by atoms with Crippen LogP contribution in [0.5, 0.6) is 0 Å². The highest BCUT2D eigenvalue weighted by atomic mass is 35.5. The molecule has 0 radical (unpaired) electrons. The summed E-state index contributed by atoms with van der Waals surface area (Å²) in [4.78, 5) is 8.42. The molecule has 0 spiro atoms. The Hall–Kier alpha value is -1.30. The maximum absolute atomic E-state index is 6.22. The molecule has 4 nitrogen and oxygen atoms in total. The molecular formula is C14H16Cl2N4S. The van der Waals surface area contributed by atoms with Crippen molar-refractivity contribution in [2.75, 3.05) is 7.05 Å². The lowest BCUT2D eigenvalue weighted by molar-refractivity contribution is 0.685. The zero-order chi connectivity index (χ0) is 15.2. The van der Waals surface area contributed by atoms with Crippen LogP contribution in [0.15, 0.2) is 34.8 Å². The Bertz CT molecular complexity index is 613. The van der Waals surface area contributed by atoms with E-state index in [4.69, 9.17) is 23.2 Å². The predicted molar refractivity (Wildman–Crippen MR) is 90.3 cm³/mol. The minimum Gasteiger partial charge on any atom is -0.350 e. The van der Waals surface area contributed by atoms with Crippen molar-refractivity contribution < 1.29 is 0 Å². The second-order valence-corrected chi connectivity index (χ2v) is 6.21. The lowest BCUT2D eigenvalue weighted by Crippen LogP contribution is -2.38. The molecule has 0 amide bonds. The number of rotatable bonds is 4. The Morgan fingerprint density at radius 3 is 2.86 bits per heavy atom. The number of hydrogen-bond acceptors (Lipinski definition) is 3. The van der Waals surface area contributed by atoms with Gasteiger partial charge in [-0.05, 0) is 24.6 Å². The molecule has 0 aliphatic carbocycles. The van der Waals surface area contributed by atoms with Gasteiger partial charge in [-0.25, -0.2) is 4.98 Å². The number of halogens is 2. The summed E-state index contributed by atoms with van der Waals surface area (Å²) in [5.41, 5.74) is 0.971. The molecule has 7 heteroatoms. The predicted octanol–water partition coefficient (Wildman–Crippen LogP) is 3.88. The molecule has 0 bridgehead atoms. The molecule has 2 aromatic rings. The van der Waals surface area contributed by atoms with Crippen molar-refractivity contribution in [3.05, 3.63) is 50.4 Å². The maximum atomic E-state index is 6.22. The summed E-state index contributed by atoms with van der Waals surface area (Å²) in [6, 6.07) is 5.49. The smallest absolute Gasteiger partial charge is 0.191 e. The fraction of sp³-hybridized carbons (Fsp3) is 0.286. The molecule has 2 N–H and O–H groups in total. The lowest BCUT2D eigenvalue weighted by Gasteiger charge is -2.19. The summed E-state index contributed by atoms with van der Waals surface area (Å²) in [6.07, 6.45) is 1.79. The number of aromatic nitrogens is 1. The van der Waals surface area contributed by atoms with Crippen LogP contribution in [0, 0.1) is 0 Å². The fourth-order valence-electron chi connectivity index (χ4n) is 1.83. The average Bonchev–Trinajstić information content (AvgIpc) is 2.96. The largest absolute Gasteiger partial charge is 0.350 e. The molecule has 1 atom stereocenters. The van der Waals surface area contributed by atoms with Gasteiger partial charge in [-0.2, -0.15) is 0 Å². The van der Waals surface area contributed by atoms with Gasteiger partial charge in [0, 0.05) is 28.7 Å². The minimum atomic E-state index is 0.0114. The van der Waals surface area contributed by atoms with Gasteiger partial charge in [0.05, 0.1) is 12.6 Å². The number of benzene rings is 1. The molecule has 1 heterocycles. The standard InChI is InChI=1S/C14H16Cl2N4S/c1-9(11-4-3-10(15)7-12(11)16)20-14(17-2)19-8-13-18-5-6-21-13/h3-7,9H,8H2,1-2H3,(H2,17,19,20). The van der Waals surface area contributed by atoms with Crippen molar-refractivity contribution in [1.29, 1.82) is 0 Å². The van der Waals surface area contributed by atoms with Crippen molar-refractivity contribution in [2.45, 2.75) is 19.5 Å². The molecule has 1 unspecified atom stereocenters. The topological polar surface area (TPSA) is 49.3 Å². The first-order valence-electron chi connectivity index (χ1n) is 6.40. The lowest BCUT2D eigenvalue weighted by atomic mass is 10.1. The fourth-order valence-corrected chi connectivity index (χ4v) is 2.96. The summed E-state index contributed by atoms with van der Waals surface area (Å²) >= 11 is 13.7. The summed E-state index contributed by atoms with van der Waals surface area (Å²) in [5, 5.41) is 10.7. The Labute approximate surface area is 138 Å². The number of nitrogens with zero attached hydrogens (tertiary/aromatic N) is 2. The first-order valence-corrected chi connectivity index (χ1v) is 8.04. The second-order valence-electron chi connectivity index (χ2n) is 4.38. The van der Waals surface area contributed by atoms with Crippen molar-refractivity contribution in [1.82, 2.24) is 15.6 Å². The van der Waals surface area contributed by atoms with Crippen LogP contribution in [0.25, 0.3) is 0 Å². The summed E-state index contributed by atoms with van der Waals surface area (Å²) in [6.45, 7) is 2.66. The molecule has 0 saturated heterocycles. The highest BCUT2D eigenvalue weighted by Gasteiger charge is 2.11. The highest BCUT2D eigenvalue weighted by molar-refractivity contribution is 7.09. The molecule has 1 aromatic carbocycles. The Morgan fingerprint density at radius 1 is 1.43 bits per heavy atom. The summed E-state index contributed by atoms with van der Waals surface area (Å²) in [7, 11) is 1.73. The first kappa shape index (κ1) is 16.1. The molecule has 0 aliphatic rings. The third-order valence-corrected chi connectivity index (χ3v) is 4.24. The van der Waals surface area contributed by atoms with Gasteiger partial charge >= 0.3 is 0 Å². The van der Waals surface area contributed by atoms with Gasteiger partial charge < -0.3 is 10.6 Å². The third-order valence-electron chi connectivity index (χ3n) is 2.90. The molecule has 112 valence electrons. The van der Waals surface area contributed by atoms with Crippen LogP contribution in [-0.4, -0.2) is 18.0 Å². The summed E-state index contributed by atoms with van der Waals surface area (Å²) < 4.78 is 0. The highest BCUT2D eigenvalue weighted by Crippen LogP contribution is 2.25. The van der Waals surface area contributed by atoms with Crippen molar-refractivity contribution >= 4 is 40.5 Å². The van der Waals surface area contributed by atoms with Crippen LogP contribution in [-0.2, 0) is 6.54 Å². The maximum Gasteiger partial charge on any atom is 0.191 e. The quantitative estimate of drug-likeness (QED) is 0.654. The molecule has 21 heavy (non-hydrogen) atoms. The van der Waals surface area contributed by atoms with Gasteiger partial charge in [0.15, 0.2) is 5.96 Å². The number of thiazole rings is 1. The van der Waals surface area contributed by atoms with E-state index in [0.717, 1.165) is 10.6 Å². The molecule has 1 aromatic heterocycles. The Balaban J connectivity index is 1.97. The molecule has 0 saturated carbocycles. The van der Waals surface area contributed by atoms with E-state index < -0.39 is 0 Å². The van der Waals surface area contributed by atoms with E-state index in [9.17, 15) is 0 Å². The molecule has 2 rings (SSSR count). The van der Waals surface area contributed by atoms with Crippen LogP contribution >= 0.6 is 34.5 Å². The normalized spacial score (nSPS) is 13.0.